The van der Waals surface area contributed by atoms with Gasteiger partial charge < -0.3 is 9.92 Å². The van der Waals surface area contributed by atoms with Crippen LogP contribution in [0.25, 0.3) is 0 Å². The summed E-state index contributed by atoms with van der Waals surface area (Å²) in [5, 5.41) is 0. The Bertz CT molecular complexity index is 648. The van der Waals surface area contributed by atoms with Crippen molar-refractivity contribution in [2.45, 2.75) is 11.8 Å². The number of benzene rings is 2. The Labute approximate surface area is 106 Å². The van der Waals surface area contributed by atoms with Crippen molar-refractivity contribution in [1.29, 1.82) is 0 Å². The van der Waals surface area contributed by atoms with Gasteiger partial charge in [0, 0.05) is 11.8 Å². The first kappa shape index (κ1) is 12.4. The normalized spacial score (nSPS) is 11.2. The number of hydrogen-bond acceptors (Lipinski definition) is 4. The number of aryl methyl sites for hydroxylation is 1. The van der Waals surface area contributed by atoms with E-state index in [2.05, 4.69) is 0 Å². The lowest BCUT2D eigenvalue weighted by atomic mass is 10.2. The molecule has 0 fully saturated rings. The van der Waals surface area contributed by atoms with Gasteiger partial charge in [-0.2, -0.15) is 8.42 Å². The maximum atomic E-state index is 12.0. The summed E-state index contributed by atoms with van der Waals surface area (Å²) in [6, 6.07) is 12.8. The van der Waals surface area contributed by atoms with E-state index in [1.54, 1.807) is 30.3 Å². The molecule has 0 heterocycles. The van der Waals surface area contributed by atoms with E-state index in [0.29, 0.717) is 5.69 Å². The minimum atomic E-state index is -3.80. The summed E-state index contributed by atoms with van der Waals surface area (Å²) in [5.41, 5.74) is 7.00. The van der Waals surface area contributed by atoms with Crippen LogP contribution in [-0.4, -0.2) is 8.42 Å². The number of anilines is 1. The molecule has 0 amide bonds. The molecule has 18 heavy (non-hydrogen) atoms. The van der Waals surface area contributed by atoms with Gasteiger partial charge in [-0.3, -0.25) is 0 Å². The predicted molar refractivity (Wildman–Crippen MR) is 69.8 cm³/mol. The molecule has 0 aliphatic carbocycles. The molecule has 2 N–H and O–H groups in total. The summed E-state index contributed by atoms with van der Waals surface area (Å²) in [7, 11) is -3.80. The van der Waals surface area contributed by atoms with E-state index in [1.165, 1.54) is 18.2 Å². The van der Waals surface area contributed by atoms with Crippen molar-refractivity contribution in [1.82, 2.24) is 0 Å². The Balaban J connectivity index is 2.30. The van der Waals surface area contributed by atoms with E-state index < -0.39 is 10.1 Å². The summed E-state index contributed by atoms with van der Waals surface area (Å²) in [4.78, 5) is 0.121. The molecular weight excluding hydrogens is 250 g/mol. The molecule has 0 aromatic heterocycles. The highest BCUT2D eigenvalue weighted by molar-refractivity contribution is 7.87. The van der Waals surface area contributed by atoms with Crippen molar-refractivity contribution in [3.63, 3.8) is 0 Å². The van der Waals surface area contributed by atoms with Crippen molar-refractivity contribution in [3.8, 4) is 5.75 Å². The van der Waals surface area contributed by atoms with Crippen LogP contribution in [-0.2, 0) is 10.1 Å². The van der Waals surface area contributed by atoms with Gasteiger partial charge in [0.1, 0.15) is 10.6 Å². The zero-order valence-electron chi connectivity index (χ0n) is 9.83. The molecule has 2 rings (SSSR count). The van der Waals surface area contributed by atoms with Gasteiger partial charge in [-0.1, -0.05) is 23.8 Å². The van der Waals surface area contributed by atoms with E-state index in [-0.39, 0.29) is 10.6 Å². The average Bonchev–Trinajstić information content (AvgIpc) is 2.29. The quantitative estimate of drug-likeness (QED) is 0.681. The molecule has 0 saturated carbocycles. The van der Waals surface area contributed by atoms with Crippen molar-refractivity contribution in [2.24, 2.45) is 0 Å². The first-order valence-electron chi connectivity index (χ1n) is 5.34. The van der Waals surface area contributed by atoms with Gasteiger partial charge in [0.15, 0.2) is 0 Å². The highest BCUT2D eigenvalue weighted by atomic mass is 32.2. The molecule has 2 aromatic carbocycles. The van der Waals surface area contributed by atoms with Crippen LogP contribution >= 0.6 is 0 Å². The van der Waals surface area contributed by atoms with E-state index >= 15 is 0 Å². The summed E-state index contributed by atoms with van der Waals surface area (Å²) in [6.07, 6.45) is 0. The summed E-state index contributed by atoms with van der Waals surface area (Å²) in [6.45, 7) is 1.88. The molecule has 0 radical (unpaired) electrons. The van der Waals surface area contributed by atoms with Gasteiger partial charge in [-0.25, -0.2) is 0 Å². The van der Waals surface area contributed by atoms with Gasteiger partial charge in [0.05, 0.1) is 0 Å². The molecule has 94 valence electrons. The fourth-order valence-electron chi connectivity index (χ4n) is 1.45. The first-order valence-corrected chi connectivity index (χ1v) is 6.75. The molecule has 4 nitrogen and oxygen atoms in total. The van der Waals surface area contributed by atoms with Gasteiger partial charge in [-0.15, -0.1) is 0 Å². The lowest BCUT2D eigenvalue weighted by molar-refractivity contribution is 0.486. The van der Waals surface area contributed by atoms with Crippen LogP contribution in [0.1, 0.15) is 5.56 Å². The number of nitrogen functional groups attached to an aromatic ring is 1. The molecular formula is C13H13NO3S. The minimum absolute atomic E-state index is 0.121. The second-order valence-electron chi connectivity index (χ2n) is 3.92. The average molecular weight is 263 g/mol. The van der Waals surface area contributed by atoms with Crippen LogP contribution < -0.4 is 9.92 Å². The van der Waals surface area contributed by atoms with Gasteiger partial charge in [0.2, 0.25) is 0 Å². The van der Waals surface area contributed by atoms with Crippen molar-refractivity contribution in [3.05, 3.63) is 54.1 Å². The van der Waals surface area contributed by atoms with Gasteiger partial charge >= 0.3 is 10.1 Å². The van der Waals surface area contributed by atoms with E-state index in [9.17, 15) is 8.42 Å². The molecule has 0 spiro atoms. The Hall–Kier alpha value is -2.01. The monoisotopic (exact) mass is 263 g/mol. The smallest absolute Gasteiger partial charge is 0.339 e. The van der Waals surface area contributed by atoms with Crippen LogP contribution in [0, 0.1) is 6.92 Å². The summed E-state index contributed by atoms with van der Waals surface area (Å²) in [5.74, 6) is 0.204. The maximum Gasteiger partial charge on any atom is 0.339 e. The van der Waals surface area contributed by atoms with E-state index in [1.807, 2.05) is 6.92 Å². The zero-order chi connectivity index (χ0) is 13.2. The fraction of sp³-hybridized carbons (Fsp3) is 0.0769. The molecule has 0 saturated heterocycles. The fourth-order valence-corrected chi connectivity index (χ4v) is 2.37. The molecule has 2 aromatic rings. The minimum Gasteiger partial charge on any atom is -0.399 e. The summed E-state index contributed by atoms with van der Waals surface area (Å²) < 4.78 is 28.9. The van der Waals surface area contributed by atoms with Crippen LogP contribution in [0.5, 0.6) is 5.75 Å². The Morgan fingerprint density at radius 3 is 2.33 bits per heavy atom. The number of nitrogens with two attached hydrogens (primary N) is 1. The van der Waals surface area contributed by atoms with Crippen molar-refractivity contribution < 1.29 is 12.6 Å². The number of hydrogen-bond donors (Lipinski definition) is 1. The third kappa shape index (κ3) is 2.81. The molecule has 0 aliphatic heterocycles. The summed E-state index contributed by atoms with van der Waals surface area (Å²) >= 11 is 0. The first-order chi connectivity index (χ1) is 8.47. The number of rotatable bonds is 3. The molecule has 0 unspecified atom stereocenters. The predicted octanol–water partition coefficient (Wildman–Crippen LogP) is 2.34. The van der Waals surface area contributed by atoms with Crippen LogP contribution in [0.4, 0.5) is 5.69 Å². The topological polar surface area (TPSA) is 69.4 Å². The largest absolute Gasteiger partial charge is 0.399 e. The van der Waals surface area contributed by atoms with Crippen LogP contribution in [0.2, 0.25) is 0 Å². The third-order valence-electron chi connectivity index (χ3n) is 2.37. The van der Waals surface area contributed by atoms with Crippen LogP contribution in [0.3, 0.4) is 0 Å². The molecule has 0 bridgehead atoms. The van der Waals surface area contributed by atoms with Gasteiger partial charge in [-0.05, 0) is 31.2 Å². The lowest BCUT2D eigenvalue weighted by Gasteiger charge is -2.07. The highest BCUT2D eigenvalue weighted by Crippen LogP contribution is 2.20. The SMILES string of the molecule is Cc1ccc(S(=O)(=O)Oc2cccc(N)c2)cc1. The molecule has 5 heteroatoms. The molecule has 0 atom stereocenters. The third-order valence-corrected chi connectivity index (χ3v) is 3.64. The maximum absolute atomic E-state index is 12.0. The highest BCUT2D eigenvalue weighted by Gasteiger charge is 2.16. The van der Waals surface area contributed by atoms with E-state index in [0.717, 1.165) is 5.56 Å². The van der Waals surface area contributed by atoms with E-state index in [4.69, 9.17) is 9.92 Å². The standard InChI is InChI=1S/C13H13NO3S/c1-10-5-7-13(8-6-10)18(15,16)17-12-4-2-3-11(14)9-12/h2-9H,14H2,1H3. The molecule has 0 aliphatic rings. The van der Waals surface area contributed by atoms with Gasteiger partial charge in [0.25, 0.3) is 0 Å². The van der Waals surface area contributed by atoms with Crippen molar-refractivity contribution in [2.75, 3.05) is 5.73 Å². The van der Waals surface area contributed by atoms with Crippen molar-refractivity contribution >= 4 is 15.8 Å². The Morgan fingerprint density at radius 2 is 1.72 bits per heavy atom. The second kappa shape index (κ2) is 4.70. The Kier molecular flexibility index (Phi) is 3.25. The Morgan fingerprint density at radius 1 is 1.06 bits per heavy atom. The zero-order valence-corrected chi connectivity index (χ0v) is 10.6. The lowest BCUT2D eigenvalue weighted by Crippen LogP contribution is -2.09. The second-order valence-corrected chi connectivity index (χ2v) is 5.47. The van der Waals surface area contributed by atoms with Crippen LogP contribution in [0.15, 0.2) is 53.4 Å².